The molecule has 0 N–H and O–H groups in total. The maximum atomic E-state index is 13.7. The summed E-state index contributed by atoms with van der Waals surface area (Å²) >= 11 is 1.48. The first-order chi connectivity index (χ1) is 24.7. The summed E-state index contributed by atoms with van der Waals surface area (Å²) in [5, 5.41) is 3.08. The Balaban J connectivity index is 1.44. The zero-order chi connectivity index (χ0) is 35.2. The topological polar surface area (TPSA) is 49.9 Å². The maximum Gasteiger partial charge on any atom is 0.534 e. The van der Waals surface area contributed by atoms with Crippen molar-refractivity contribution in [2.75, 3.05) is 9.80 Å². The van der Waals surface area contributed by atoms with Crippen LogP contribution in [-0.4, -0.2) is 13.9 Å². The van der Waals surface area contributed by atoms with E-state index in [1.807, 2.05) is 150 Å². The van der Waals surface area contributed by atoms with Crippen LogP contribution in [0.25, 0.3) is 30.9 Å². The SMILES string of the molecule is O=S(=O)(Oc1cc(N(c2ccccc2)c2ccccc2)c2sc3ccc4c(N(c5ccccc5)c5ccccc5)cccc4c3c2c1)C(F)(F)F. The van der Waals surface area contributed by atoms with E-state index in [4.69, 9.17) is 4.18 Å². The molecule has 1 heterocycles. The molecule has 8 aromatic rings. The first kappa shape index (κ1) is 32.4. The van der Waals surface area contributed by atoms with Crippen molar-refractivity contribution in [1.29, 1.82) is 0 Å². The smallest absolute Gasteiger partial charge is 0.376 e. The van der Waals surface area contributed by atoms with Gasteiger partial charge in [0.25, 0.3) is 0 Å². The number of hydrogen-bond donors (Lipinski definition) is 0. The van der Waals surface area contributed by atoms with Gasteiger partial charge in [-0.05, 0) is 72.1 Å². The molecule has 0 aliphatic heterocycles. The zero-order valence-electron chi connectivity index (χ0n) is 26.7. The minimum Gasteiger partial charge on any atom is -0.376 e. The zero-order valence-corrected chi connectivity index (χ0v) is 28.3. The lowest BCUT2D eigenvalue weighted by Crippen LogP contribution is -2.28. The minimum absolute atomic E-state index is 0.449. The van der Waals surface area contributed by atoms with Crippen LogP contribution in [0.1, 0.15) is 0 Å². The van der Waals surface area contributed by atoms with Gasteiger partial charge in [-0.2, -0.15) is 21.6 Å². The first-order valence-electron chi connectivity index (χ1n) is 15.9. The van der Waals surface area contributed by atoms with Crippen molar-refractivity contribution in [3.05, 3.63) is 164 Å². The molecule has 0 aliphatic carbocycles. The largest absolute Gasteiger partial charge is 0.534 e. The van der Waals surface area contributed by atoms with E-state index in [9.17, 15) is 21.6 Å². The van der Waals surface area contributed by atoms with E-state index >= 15 is 0 Å². The predicted octanol–water partition coefficient (Wildman–Crippen LogP) is 12.4. The van der Waals surface area contributed by atoms with Crippen LogP contribution in [0.5, 0.6) is 5.75 Å². The van der Waals surface area contributed by atoms with E-state index in [-0.39, 0.29) is 0 Å². The van der Waals surface area contributed by atoms with E-state index in [1.165, 1.54) is 23.5 Å². The monoisotopic (exact) mass is 716 g/mol. The molecule has 0 bridgehead atoms. The lowest BCUT2D eigenvalue weighted by molar-refractivity contribution is -0.0500. The van der Waals surface area contributed by atoms with Gasteiger partial charge in [0, 0.05) is 49.7 Å². The molecule has 51 heavy (non-hydrogen) atoms. The van der Waals surface area contributed by atoms with Crippen molar-refractivity contribution in [3.8, 4) is 5.75 Å². The summed E-state index contributed by atoms with van der Waals surface area (Å²) in [6.45, 7) is 0. The van der Waals surface area contributed by atoms with Gasteiger partial charge in [0.2, 0.25) is 0 Å². The second-order valence-electron chi connectivity index (χ2n) is 11.7. The number of nitrogens with zero attached hydrogens (tertiary/aromatic N) is 2. The fourth-order valence-corrected chi connectivity index (χ4v) is 8.07. The van der Waals surface area contributed by atoms with Gasteiger partial charge in [-0.1, -0.05) is 91.0 Å². The molecule has 0 radical (unpaired) electrons. The summed E-state index contributed by atoms with van der Waals surface area (Å²) in [5.74, 6) is -0.449. The molecule has 5 nitrogen and oxygen atoms in total. The van der Waals surface area contributed by atoms with E-state index in [1.54, 1.807) is 0 Å². The predicted molar refractivity (Wildman–Crippen MR) is 202 cm³/mol. The maximum absolute atomic E-state index is 13.7. The Bertz CT molecular complexity index is 2540. The number of fused-ring (bicyclic) bond motifs is 5. The third kappa shape index (κ3) is 5.92. The van der Waals surface area contributed by atoms with E-state index < -0.39 is 21.4 Å². The van der Waals surface area contributed by atoms with E-state index in [0.717, 1.165) is 54.0 Å². The summed E-state index contributed by atoms with van der Waals surface area (Å²) in [7, 11) is -5.97. The van der Waals surface area contributed by atoms with Crippen LogP contribution in [-0.2, 0) is 10.1 Å². The number of rotatable bonds is 8. The molecule has 0 fully saturated rings. The highest BCUT2D eigenvalue weighted by Gasteiger charge is 2.48. The summed E-state index contributed by atoms with van der Waals surface area (Å²) in [5.41, 5.74) is -0.895. The second-order valence-corrected chi connectivity index (χ2v) is 14.3. The fraction of sp³-hybridized carbons (Fsp3) is 0.0244. The molecule has 0 spiro atoms. The Hall–Kier alpha value is -5.84. The normalized spacial score (nSPS) is 12.0. The molecular formula is C41H27F3N2O3S2. The molecule has 7 aromatic carbocycles. The lowest BCUT2D eigenvalue weighted by atomic mass is 10.0. The van der Waals surface area contributed by atoms with Crippen molar-refractivity contribution in [3.63, 3.8) is 0 Å². The van der Waals surface area contributed by atoms with E-state index in [2.05, 4.69) is 11.0 Å². The van der Waals surface area contributed by atoms with Gasteiger partial charge in [0.1, 0.15) is 5.75 Å². The Morgan fingerprint density at radius 1 is 0.510 bits per heavy atom. The van der Waals surface area contributed by atoms with Crippen molar-refractivity contribution >= 4 is 86.5 Å². The Morgan fingerprint density at radius 3 is 1.49 bits per heavy atom. The van der Waals surface area contributed by atoms with Gasteiger partial charge in [0.15, 0.2) is 0 Å². The third-order valence-electron chi connectivity index (χ3n) is 8.55. The molecule has 10 heteroatoms. The van der Waals surface area contributed by atoms with Crippen LogP contribution in [0.2, 0.25) is 0 Å². The van der Waals surface area contributed by atoms with Gasteiger partial charge >= 0.3 is 15.6 Å². The highest BCUT2D eigenvalue weighted by molar-refractivity contribution is 7.88. The van der Waals surface area contributed by atoms with Crippen LogP contribution in [0.15, 0.2) is 164 Å². The molecule has 0 unspecified atom stereocenters. The van der Waals surface area contributed by atoms with Gasteiger partial charge < -0.3 is 14.0 Å². The molecule has 8 rings (SSSR count). The fourth-order valence-electron chi connectivity index (χ4n) is 6.42. The lowest BCUT2D eigenvalue weighted by Gasteiger charge is -2.27. The molecule has 0 saturated carbocycles. The summed E-state index contributed by atoms with van der Waals surface area (Å²) < 4.78 is 72.4. The molecular weight excluding hydrogens is 690 g/mol. The molecule has 0 atom stereocenters. The average molecular weight is 717 g/mol. The van der Waals surface area contributed by atoms with Crippen molar-refractivity contribution in [1.82, 2.24) is 0 Å². The van der Waals surface area contributed by atoms with Crippen molar-refractivity contribution in [2.24, 2.45) is 0 Å². The Morgan fingerprint density at radius 2 is 1.00 bits per heavy atom. The number of thiophene rings is 1. The number of para-hydroxylation sites is 4. The van der Waals surface area contributed by atoms with Gasteiger partial charge in [-0.3, -0.25) is 0 Å². The summed E-state index contributed by atoms with van der Waals surface area (Å²) in [6, 6.07) is 51.5. The van der Waals surface area contributed by atoms with Gasteiger partial charge in [-0.25, -0.2) is 0 Å². The number of benzene rings is 7. The average Bonchev–Trinajstić information content (AvgIpc) is 3.52. The number of halogens is 3. The van der Waals surface area contributed by atoms with E-state index in [0.29, 0.717) is 11.1 Å². The molecule has 0 amide bonds. The molecule has 1 aromatic heterocycles. The Labute approximate surface area is 296 Å². The standard InChI is InChI=1S/C41H27F3N2O3S2/c42-41(43,44)51(47,48)49-32-26-35-39-34-22-13-23-36(45(28-14-5-1-6-15-28)29-16-7-2-8-17-29)33(34)24-25-38(39)50-40(35)37(27-32)46(30-18-9-3-10-19-30)31-20-11-4-12-21-31/h1-27H. The summed E-state index contributed by atoms with van der Waals surface area (Å²) in [4.78, 5) is 4.05. The highest BCUT2D eigenvalue weighted by atomic mass is 32.2. The molecule has 252 valence electrons. The Kier molecular flexibility index (Phi) is 8.13. The van der Waals surface area contributed by atoms with Crippen LogP contribution < -0.4 is 14.0 Å². The minimum atomic E-state index is -5.97. The second kappa shape index (κ2) is 12.8. The quantitative estimate of drug-likeness (QED) is 0.116. The van der Waals surface area contributed by atoms with Crippen LogP contribution in [0, 0.1) is 0 Å². The van der Waals surface area contributed by atoms with Crippen LogP contribution >= 0.6 is 11.3 Å². The summed E-state index contributed by atoms with van der Waals surface area (Å²) in [6.07, 6.45) is 0. The number of anilines is 6. The van der Waals surface area contributed by atoms with Gasteiger partial charge in [-0.15, -0.1) is 11.3 Å². The van der Waals surface area contributed by atoms with Crippen molar-refractivity contribution in [2.45, 2.75) is 5.51 Å². The third-order valence-corrected chi connectivity index (χ3v) is 10.7. The molecule has 0 aliphatic rings. The van der Waals surface area contributed by atoms with Crippen LogP contribution in [0.3, 0.4) is 0 Å². The first-order valence-corrected chi connectivity index (χ1v) is 18.2. The van der Waals surface area contributed by atoms with Crippen molar-refractivity contribution < 1.29 is 25.8 Å². The number of hydrogen-bond acceptors (Lipinski definition) is 6. The van der Waals surface area contributed by atoms with Crippen LogP contribution in [0.4, 0.5) is 47.3 Å². The highest BCUT2D eigenvalue weighted by Crippen LogP contribution is 2.50. The number of alkyl halides is 3. The van der Waals surface area contributed by atoms with Gasteiger partial charge in [0.05, 0.1) is 16.1 Å². The molecule has 0 saturated heterocycles.